The summed E-state index contributed by atoms with van der Waals surface area (Å²) < 4.78 is 36.6. The molecular weight excluding hydrogens is 218 g/mol. The van der Waals surface area contributed by atoms with Gasteiger partial charge in [-0.2, -0.15) is 0 Å². The standard InChI is InChI=1S/C11H14F2O3/c1-15-9-6-8(12)10(13)7(4-3-5-14)11(9)16-2/h6,14H,3-5H2,1-2H3. The van der Waals surface area contributed by atoms with Crippen LogP contribution in [-0.2, 0) is 6.42 Å². The van der Waals surface area contributed by atoms with Crippen molar-refractivity contribution in [2.75, 3.05) is 20.8 Å². The van der Waals surface area contributed by atoms with E-state index in [1.165, 1.54) is 14.2 Å². The van der Waals surface area contributed by atoms with E-state index in [-0.39, 0.29) is 30.1 Å². The molecule has 0 saturated heterocycles. The highest BCUT2D eigenvalue weighted by atomic mass is 19.2. The summed E-state index contributed by atoms with van der Waals surface area (Å²) in [6.07, 6.45) is 0.527. The summed E-state index contributed by atoms with van der Waals surface area (Å²) in [5, 5.41) is 8.69. The minimum Gasteiger partial charge on any atom is -0.493 e. The van der Waals surface area contributed by atoms with E-state index in [2.05, 4.69) is 0 Å². The highest BCUT2D eigenvalue weighted by Gasteiger charge is 2.19. The lowest BCUT2D eigenvalue weighted by Crippen LogP contribution is -2.03. The second-order valence-electron chi connectivity index (χ2n) is 3.21. The van der Waals surface area contributed by atoms with Gasteiger partial charge < -0.3 is 14.6 Å². The Hall–Kier alpha value is -1.36. The number of halogens is 2. The quantitative estimate of drug-likeness (QED) is 0.842. The molecule has 16 heavy (non-hydrogen) atoms. The van der Waals surface area contributed by atoms with E-state index in [9.17, 15) is 8.78 Å². The Labute approximate surface area is 92.6 Å². The van der Waals surface area contributed by atoms with Gasteiger partial charge in [-0.3, -0.25) is 0 Å². The van der Waals surface area contributed by atoms with Crippen molar-refractivity contribution in [3.05, 3.63) is 23.3 Å². The SMILES string of the molecule is COc1cc(F)c(F)c(CCCO)c1OC. The Morgan fingerprint density at radius 2 is 1.94 bits per heavy atom. The molecule has 5 heteroatoms. The minimum absolute atomic E-state index is 0.0911. The molecule has 90 valence electrons. The van der Waals surface area contributed by atoms with Crippen LogP contribution in [0.5, 0.6) is 11.5 Å². The fraction of sp³-hybridized carbons (Fsp3) is 0.455. The fourth-order valence-corrected chi connectivity index (χ4v) is 1.49. The lowest BCUT2D eigenvalue weighted by Gasteiger charge is -2.13. The first-order valence-electron chi connectivity index (χ1n) is 4.85. The predicted octanol–water partition coefficient (Wildman–Crippen LogP) is 1.91. The van der Waals surface area contributed by atoms with E-state index >= 15 is 0 Å². The number of hydrogen-bond acceptors (Lipinski definition) is 3. The van der Waals surface area contributed by atoms with E-state index in [0.717, 1.165) is 6.07 Å². The third-order valence-corrected chi connectivity index (χ3v) is 2.24. The van der Waals surface area contributed by atoms with Gasteiger partial charge in [0, 0.05) is 18.2 Å². The van der Waals surface area contributed by atoms with Crippen LogP contribution in [0.4, 0.5) is 8.78 Å². The first-order valence-corrected chi connectivity index (χ1v) is 4.85. The molecule has 0 aliphatic heterocycles. The van der Waals surface area contributed by atoms with Crippen LogP contribution in [0.15, 0.2) is 6.07 Å². The number of ether oxygens (including phenoxy) is 2. The van der Waals surface area contributed by atoms with Crippen molar-refractivity contribution in [1.82, 2.24) is 0 Å². The third kappa shape index (κ3) is 2.41. The number of hydrogen-bond donors (Lipinski definition) is 1. The van der Waals surface area contributed by atoms with Crippen molar-refractivity contribution in [1.29, 1.82) is 0 Å². The molecule has 0 amide bonds. The second kappa shape index (κ2) is 5.65. The van der Waals surface area contributed by atoms with E-state index in [4.69, 9.17) is 14.6 Å². The van der Waals surface area contributed by atoms with Gasteiger partial charge >= 0.3 is 0 Å². The zero-order valence-corrected chi connectivity index (χ0v) is 9.22. The average Bonchev–Trinajstić information content (AvgIpc) is 2.30. The van der Waals surface area contributed by atoms with Gasteiger partial charge in [-0.1, -0.05) is 0 Å². The molecule has 1 N–H and O–H groups in total. The topological polar surface area (TPSA) is 38.7 Å². The van der Waals surface area contributed by atoms with Crippen molar-refractivity contribution < 1.29 is 23.4 Å². The number of benzene rings is 1. The van der Waals surface area contributed by atoms with Crippen LogP contribution in [0.3, 0.4) is 0 Å². The molecule has 0 unspecified atom stereocenters. The van der Waals surface area contributed by atoms with Gasteiger partial charge in [0.25, 0.3) is 0 Å². The van der Waals surface area contributed by atoms with E-state index < -0.39 is 11.6 Å². The molecule has 0 bridgehead atoms. The normalized spacial score (nSPS) is 10.3. The van der Waals surface area contributed by atoms with Crippen molar-refractivity contribution in [3.63, 3.8) is 0 Å². The minimum atomic E-state index is -0.981. The van der Waals surface area contributed by atoms with E-state index in [0.29, 0.717) is 6.42 Å². The highest BCUT2D eigenvalue weighted by Crippen LogP contribution is 2.35. The highest BCUT2D eigenvalue weighted by molar-refractivity contribution is 5.48. The van der Waals surface area contributed by atoms with Crippen molar-refractivity contribution in [2.45, 2.75) is 12.8 Å². The molecule has 0 aliphatic rings. The van der Waals surface area contributed by atoms with Crippen LogP contribution in [0.25, 0.3) is 0 Å². The third-order valence-electron chi connectivity index (χ3n) is 2.24. The van der Waals surface area contributed by atoms with Gasteiger partial charge in [0.1, 0.15) is 0 Å². The molecule has 0 aromatic heterocycles. The van der Waals surface area contributed by atoms with Gasteiger partial charge in [-0.25, -0.2) is 8.78 Å². The molecule has 3 nitrogen and oxygen atoms in total. The molecule has 1 rings (SSSR count). The number of methoxy groups -OCH3 is 2. The summed E-state index contributed by atoms with van der Waals surface area (Å²) in [6.45, 7) is -0.0958. The molecule has 0 saturated carbocycles. The Morgan fingerprint density at radius 1 is 1.25 bits per heavy atom. The maximum atomic E-state index is 13.5. The van der Waals surface area contributed by atoms with E-state index in [1.807, 2.05) is 0 Å². The van der Waals surface area contributed by atoms with Crippen LogP contribution in [0.2, 0.25) is 0 Å². The van der Waals surface area contributed by atoms with Crippen molar-refractivity contribution in [2.24, 2.45) is 0 Å². The number of aliphatic hydroxyl groups is 1. The Morgan fingerprint density at radius 3 is 2.44 bits per heavy atom. The Bertz CT molecular complexity index is 367. The van der Waals surface area contributed by atoms with Crippen LogP contribution in [0, 0.1) is 11.6 Å². The van der Waals surface area contributed by atoms with Crippen LogP contribution in [-0.4, -0.2) is 25.9 Å². The van der Waals surface area contributed by atoms with E-state index in [1.54, 1.807) is 0 Å². The summed E-state index contributed by atoms with van der Waals surface area (Å²) in [5.41, 5.74) is 0.0911. The van der Waals surface area contributed by atoms with Gasteiger partial charge in [0.15, 0.2) is 23.1 Å². The molecular formula is C11H14F2O3. The lowest BCUT2D eigenvalue weighted by molar-refractivity contribution is 0.285. The van der Waals surface area contributed by atoms with Gasteiger partial charge in [-0.15, -0.1) is 0 Å². The fourth-order valence-electron chi connectivity index (χ4n) is 1.49. The summed E-state index contributed by atoms with van der Waals surface area (Å²) in [7, 11) is 2.71. The largest absolute Gasteiger partial charge is 0.493 e. The molecule has 0 fully saturated rings. The number of aliphatic hydroxyl groups excluding tert-OH is 1. The monoisotopic (exact) mass is 232 g/mol. The summed E-state index contributed by atoms with van der Waals surface area (Å²) in [4.78, 5) is 0. The summed E-state index contributed by atoms with van der Waals surface area (Å²) in [5.74, 6) is -1.61. The zero-order chi connectivity index (χ0) is 12.1. The average molecular weight is 232 g/mol. The number of rotatable bonds is 5. The maximum absolute atomic E-state index is 13.5. The first-order chi connectivity index (χ1) is 7.65. The van der Waals surface area contributed by atoms with Crippen LogP contribution < -0.4 is 9.47 Å². The zero-order valence-electron chi connectivity index (χ0n) is 9.22. The Balaban J connectivity index is 3.23. The molecule has 1 aromatic rings. The molecule has 0 aliphatic carbocycles. The van der Waals surface area contributed by atoms with Gasteiger partial charge in [-0.05, 0) is 12.8 Å². The molecule has 0 radical (unpaired) electrons. The van der Waals surface area contributed by atoms with Crippen LogP contribution >= 0.6 is 0 Å². The molecule has 0 atom stereocenters. The van der Waals surface area contributed by atoms with Crippen LogP contribution in [0.1, 0.15) is 12.0 Å². The molecule has 0 heterocycles. The summed E-state index contributed by atoms with van der Waals surface area (Å²) >= 11 is 0. The van der Waals surface area contributed by atoms with Gasteiger partial charge in [0.05, 0.1) is 14.2 Å². The van der Waals surface area contributed by atoms with Crippen molar-refractivity contribution in [3.8, 4) is 11.5 Å². The first kappa shape index (κ1) is 12.7. The molecule has 1 aromatic carbocycles. The smallest absolute Gasteiger partial charge is 0.167 e. The lowest BCUT2D eigenvalue weighted by atomic mass is 10.1. The summed E-state index contributed by atoms with van der Waals surface area (Å²) in [6, 6.07) is 0.941. The molecule has 0 spiro atoms. The Kier molecular flexibility index (Phi) is 4.49. The van der Waals surface area contributed by atoms with Crippen molar-refractivity contribution >= 4 is 0 Å². The maximum Gasteiger partial charge on any atom is 0.167 e. The predicted molar refractivity (Wildman–Crippen MR) is 54.9 cm³/mol. The second-order valence-corrected chi connectivity index (χ2v) is 3.21. The van der Waals surface area contributed by atoms with Gasteiger partial charge in [0.2, 0.25) is 0 Å².